The Labute approximate surface area is 165 Å². The monoisotopic (exact) mass is 390 g/mol. The zero-order chi connectivity index (χ0) is 19.8. The average Bonchev–Trinajstić information content (AvgIpc) is 3.38. The first-order valence-corrected chi connectivity index (χ1v) is 9.21. The van der Waals surface area contributed by atoms with E-state index in [1.54, 1.807) is 23.0 Å². The maximum atomic E-state index is 12.6. The van der Waals surface area contributed by atoms with E-state index in [-0.39, 0.29) is 17.6 Å². The van der Waals surface area contributed by atoms with E-state index in [1.165, 1.54) is 17.1 Å². The first-order chi connectivity index (χ1) is 14.2. The van der Waals surface area contributed by atoms with Crippen LogP contribution in [0.25, 0.3) is 17.0 Å². The number of fused-ring (bicyclic) bond motifs is 1. The highest BCUT2D eigenvalue weighted by Gasteiger charge is 2.32. The van der Waals surface area contributed by atoms with Gasteiger partial charge in [0.15, 0.2) is 0 Å². The molecule has 2 atom stereocenters. The van der Waals surface area contributed by atoms with Gasteiger partial charge < -0.3 is 10.1 Å². The molecule has 2 unspecified atom stereocenters. The Morgan fingerprint density at radius 3 is 2.90 bits per heavy atom. The smallest absolute Gasteiger partial charge is 0.267 e. The number of hydrogen-bond donors (Lipinski definition) is 1. The summed E-state index contributed by atoms with van der Waals surface area (Å²) in [5.74, 6) is 1.25. The Hall–Kier alpha value is -3.66. The first-order valence-electron chi connectivity index (χ1n) is 9.21. The Bertz CT molecular complexity index is 1220. The van der Waals surface area contributed by atoms with Crippen LogP contribution in [-0.4, -0.2) is 53.6 Å². The summed E-state index contributed by atoms with van der Waals surface area (Å²) in [6.07, 6.45) is 4.86. The molecular formula is C19H18N8O2. The van der Waals surface area contributed by atoms with Crippen molar-refractivity contribution < 1.29 is 4.74 Å². The van der Waals surface area contributed by atoms with E-state index in [9.17, 15) is 4.79 Å². The van der Waals surface area contributed by atoms with Gasteiger partial charge in [-0.15, -0.1) is 0 Å². The van der Waals surface area contributed by atoms with E-state index in [0.717, 1.165) is 17.1 Å². The van der Waals surface area contributed by atoms with Gasteiger partial charge in [0.05, 0.1) is 24.9 Å². The summed E-state index contributed by atoms with van der Waals surface area (Å²) < 4.78 is 8.81. The van der Waals surface area contributed by atoms with Crippen LogP contribution in [0.3, 0.4) is 0 Å². The molecule has 4 aromatic heterocycles. The molecule has 0 amide bonds. The van der Waals surface area contributed by atoms with E-state index >= 15 is 0 Å². The Morgan fingerprint density at radius 2 is 2.03 bits per heavy atom. The van der Waals surface area contributed by atoms with Gasteiger partial charge in [-0.2, -0.15) is 19.7 Å². The number of anilines is 1. The zero-order valence-electron chi connectivity index (χ0n) is 15.6. The molecule has 5 heterocycles. The van der Waals surface area contributed by atoms with Crippen LogP contribution in [0.1, 0.15) is 11.7 Å². The minimum Gasteiger partial charge on any atom is -0.377 e. The molecule has 1 saturated heterocycles. The normalized spacial score (nSPS) is 18.9. The van der Waals surface area contributed by atoms with Crippen LogP contribution in [0.5, 0.6) is 0 Å². The molecule has 1 N–H and O–H groups in total. The highest BCUT2D eigenvalue weighted by molar-refractivity contribution is 5.57. The summed E-state index contributed by atoms with van der Waals surface area (Å²) in [7, 11) is 0. The van der Waals surface area contributed by atoms with Crippen molar-refractivity contribution in [3.63, 3.8) is 0 Å². The van der Waals surface area contributed by atoms with Crippen molar-refractivity contribution in [3.05, 3.63) is 65.1 Å². The van der Waals surface area contributed by atoms with Crippen molar-refractivity contribution in [2.24, 2.45) is 0 Å². The third kappa shape index (κ3) is 3.23. The minimum atomic E-state index is -0.267. The van der Waals surface area contributed by atoms with Gasteiger partial charge in [-0.1, -0.05) is 0 Å². The Morgan fingerprint density at radius 1 is 1.17 bits per heavy atom. The molecule has 0 bridgehead atoms. The number of rotatable bonds is 4. The van der Waals surface area contributed by atoms with Crippen LogP contribution >= 0.6 is 0 Å². The molecule has 29 heavy (non-hydrogen) atoms. The lowest BCUT2D eigenvalue weighted by Crippen LogP contribution is -2.37. The summed E-state index contributed by atoms with van der Waals surface area (Å²) in [4.78, 5) is 25.1. The van der Waals surface area contributed by atoms with Crippen LogP contribution in [0.4, 0.5) is 5.82 Å². The molecule has 5 rings (SSSR count). The predicted octanol–water partition coefficient (Wildman–Crippen LogP) is 1.10. The molecule has 1 fully saturated rings. The van der Waals surface area contributed by atoms with E-state index < -0.39 is 0 Å². The van der Waals surface area contributed by atoms with E-state index in [4.69, 9.17) is 4.74 Å². The van der Waals surface area contributed by atoms with Crippen molar-refractivity contribution in [2.75, 3.05) is 18.5 Å². The maximum Gasteiger partial charge on any atom is 0.267 e. The molecule has 0 aliphatic carbocycles. The molecule has 0 aromatic carbocycles. The number of ether oxygens (including phenoxy) is 1. The molecule has 10 nitrogen and oxygen atoms in total. The second-order valence-corrected chi connectivity index (χ2v) is 6.85. The van der Waals surface area contributed by atoms with Crippen LogP contribution in [0.15, 0.2) is 53.8 Å². The number of nitrogens with one attached hydrogen (secondary N) is 1. The minimum absolute atomic E-state index is 0.165. The predicted molar refractivity (Wildman–Crippen MR) is 105 cm³/mol. The SMILES string of the molecule is Cc1cc(NC2COCC2n2nc(-c3ccncc3)ccc2=O)n2ncnc2n1. The summed E-state index contributed by atoms with van der Waals surface area (Å²) in [6.45, 7) is 2.72. The van der Waals surface area contributed by atoms with Gasteiger partial charge in [0, 0.05) is 35.8 Å². The molecule has 0 spiro atoms. The second-order valence-electron chi connectivity index (χ2n) is 6.85. The average molecular weight is 390 g/mol. The molecule has 0 radical (unpaired) electrons. The van der Waals surface area contributed by atoms with Crippen LogP contribution in [0, 0.1) is 6.92 Å². The van der Waals surface area contributed by atoms with E-state index in [2.05, 4.69) is 30.5 Å². The number of aromatic nitrogens is 7. The quantitative estimate of drug-likeness (QED) is 0.551. The summed E-state index contributed by atoms with van der Waals surface area (Å²) in [5.41, 5.74) is 2.24. The summed E-state index contributed by atoms with van der Waals surface area (Å²) in [5, 5.41) is 12.2. The van der Waals surface area contributed by atoms with Crippen LogP contribution in [0.2, 0.25) is 0 Å². The number of nitrogens with zero attached hydrogens (tertiary/aromatic N) is 7. The molecule has 1 aliphatic heterocycles. The van der Waals surface area contributed by atoms with Crippen molar-refractivity contribution >= 4 is 11.6 Å². The summed E-state index contributed by atoms with van der Waals surface area (Å²) in [6, 6.07) is 8.43. The van der Waals surface area contributed by atoms with Crippen molar-refractivity contribution in [2.45, 2.75) is 19.0 Å². The van der Waals surface area contributed by atoms with Crippen molar-refractivity contribution in [1.82, 2.24) is 34.3 Å². The highest BCUT2D eigenvalue weighted by atomic mass is 16.5. The Balaban J connectivity index is 1.50. The lowest BCUT2D eigenvalue weighted by atomic mass is 10.1. The van der Waals surface area contributed by atoms with Gasteiger partial charge in [-0.25, -0.2) is 9.67 Å². The van der Waals surface area contributed by atoms with Gasteiger partial charge in [-0.3, -0.25) is 9.78 Å². The fourth-order valence-corrected chi connectivity index (χ4v) is 3.48. The second kappa shape index (κ2) is 7.06. The van der Waals surface area contributed by atoms with Crippen LogP contribution in [-0.2, 0) is 4.74 Å². The summed E-state index contributed by atoms with van der Waals surface area (Å²) >= 11 is 0. The van der Waals surface area contributed by atoms with Crippen molar-refractivity contribution in [1.29, 1.82) is 0 Å². The van der Waals surface area contributed by atoms with Gasteiger partial charge in [0.25, 0.3) is 11.3 Å². The van der Waals surface area contributed by atoms with Crippen LogP contribution < -0.4 is 10.9 Å². The molecule has 4 aromatic rings. The Kier molecular flexibility index (Phi) is 4.24. The lowest BCUT2D eigenvalue weighted by molar-refractivity contribution is 0.183. The third-order valence-corrected chi connectivity index (χ3v) is 4.88. The number of hydrogen-bond acceptors (Lipinski definition) is 8. The molecule has 1 aliphatic rings. The fourth-order valence-electron chi connectivity index (χ4n) is 3.48. The van der Waals surface area contributed by atoms with Gasteiger partial charge in [-0.05, 0) is 25.1 Å². The van der Waals surface area contributed by atoms with Gasteiger partial charge in [0.1, 0.15) is 18.2 Å². The van der Waals surface area contributed by atoms with Gasteiger partial charge >= 0.3 is 0 Å². The third-order valence-electron chi connectivity index (χ3n) is 4.88. The van der Waals surface area contributed by atoms with E-state index in [0.29, 0.717) is 24.7 Å². The van der Waals surface area contributed by atoms with Crippen molar-refractivity contribution in [3.8, 4) is 11.3 Å². The molecule has 10 heteroatoms. The number of pyridine rings is 1. The largest absolute Gasteiger partial charge is 0.377 e. The van der Waals surface area contributed by atoms with Gasteiger partial charge in [0.2, 0.25) is 0 Å². The maximum absolute atomic E-state index is 12.6. The first kappa shape index (κ1) is 17.4. The standard InChI is InChI=1S/C19H18N8O2/c1-12-8-17(27-19(23-12)21-11-22-27)24-15-9-29-10-16(15)26-18(28)3-2-14(25-26)13-4-6-20-7-5-13/h2-8,11,15-16,24H,9-10H2,1H3. The lowest BCUT2D eigenvalue weighted by Gasteiger charge is -2.22. The molecule has 0 saturated carbocycles. The fraction of sp³-hybridized carbons (Fsp3) is 0.263. The molecular weight excluding hydrogens is 372 g/mol. The molecule has 146 valence electrons. The zero-order valence-corrected chi connectivity index (χ0v) is 15.6. The van der Waals surface area contributed by atoms with E-state index in [1.807, 2.05) is 25.1 Å². The highest BCUT2D eigenvalue weighted by Crippen LogP contribution is 2.23. The topological polar surface area (TPSA) is 112 Å². The number of aryl methyl sites for hydroxylation is 1.